The summed E-state index contributed by atoms with van der Waals surface area (Å²) in [7, 11) is 0. The smallest absolute Gasteiger partial charge is 0.274 e. The second kappa shape index (κ2) is 10.4. The van der Waals surface area contributed by atoms with E-state index >= 15 is 0 Å². The Labute approximate surface area is 221 Å². The van der Waals surface area contributed by atoms with E-state index in [9.17, 15) is 4.79 Å². The van der Waals surface area contributed by atoms with Gasteiger partial charge in [-0.25, -0.2) is 4.98 Å². The van der Waals surface area contributed by atoms with Crippen molar-refractivity contribution in [2.75, 3.05) is 41.7 Å². The van der Waals surface area contributed by atoms with Crippen LogP contribution in [0.15, 0.2) is 60.8 Å². The minimum atomic E-state index is -0.252. The molecule has 6 rings (SSSR count). The normalized spacial score (nSPS) is 16.3. The number of carbonyl (C=O) groups is 1. The number of rotatable bonds is 6. The van der Waals surface area contributed by atoms with Gasteiger partial charge in [0.25, 0.3) is 5.91 Å². The minimum absolute atomic E-state index is 0.252. The van der Waals surface area contributed by atoms with Crippen LogP contribution in [-0.2, 0) is 0 Å². The van der Waals surface area contributed by atoms with Gasteiger partial charge in [-0.3, -0.25) is 4.79 Å². The number of aromatic nitrogens is 3. The maximum absolute atomic E-state index is 13.6. The highest BCUT2D eigenvalue weighted by Crippen LogP contribution is 2.30. The Hall–Kier alpha value is -3.62. The second-order valence-corrected chi connectivity index (χ2v) is 10.1. The van der Waals surface area contributed by atoms with Gasteiger partial charge >= 0.3 is 0 Å². The van der Waals surface area contributed by atoms with Gasteiger partial charge in [-0.2, -0.15) is 9.61 Å². The average Bonchev–Trinajstić information content (AvgIpc) is 3.60. The number of para-hydroxylation sites is 2. The molecule has 1 amide bonds. The molecule has 1 saturated carbocycles. The third-order valence-electron chi connectivity index (χ3n) is 7.16. The number of hydrogen-bond acceptors (Lipinski definition) is 6. The number of anilines is 3. The van der Waals surface area contributed by atoms with E-state index in [1.807, 2.05) is 48.5 Å². The van der Waals surface area contributed by atoms with Crippen molar-refractivity contribution in [1.82, 2.24) is 19.9 Å². The zero-order valence-corrected chi connectivity index (χ0v) is 21.3. The molecule has 190 valence electrons. The Morgan fingerprint density at radius 2 is 1.84 bits per heavy atom. The van der Waals surface area contributed by atoms with Crippen molar-refractivity contribution in [2.45, 2.75) is 31.7 Å². The molecule has 0 bridgehead atoms. The van der Waals surface area contributed by atoms with Gasteiger partial charge in [0.05, 0.1) is 17.6 Å². The van der Waals surface area contributed by atoms with Gasteiger partial charge in [0, 0.05) is 48.9 Å². The van der Waals surface area contributed by atoms with Crippen LogP contribution in [0, 0.1) is 0 Å². The highest BCUT2D eigenvalue weighted by Gasteiger charge is 2.22. The summed E-state index contributed by atoms with van der Waals surface area (Å²) in [5.74, 6) is 0.517. The highest BCUT2D eigenvalue weighted by atomic mass is 35.5. The predicted molar refractivity (Wildman–Crippen MR) is 149 cm³/mol. The van der Waals surface area contributed by atoms with Crippen LogP contribution in [0.2, 0.25) is 5.02 Å². The van der Waals surface area contributed by atoms with Crippen molar-refractivity contribution < 1.29 is 4.79 Å². The fraction of sp³-hybridized carbons (Fsp3) is 0.321. The Bertz CT molecular complexity index is 1420. The lowest BCUT2D eigenvalue weighted by Crippen LogP contribution is -2.43. The molecule has 3 N–H and O–H groups in total. The molecule has 0 unspecified atom stereocenters. The van der Waals surface area contributed by atoms with E-state index in [1.54, 1.807) is 10.7 Å². The van der Waals surface area contributed by atoms with E-state index in [4.69, 9.17) is 16.6 Å². The van der Waals surface area contributed by atoms with Crippen molar-refractivity contribution in [3.8, 4) is 11.1 Å². The number of piperazine rings is 1. The van der Waals surface area contributed by atoms with Crippen LogP contribution in [-0.4, -0.2) is 52.7 Å². The van der Waals surface area contributed by atoms with Gasteiger partial charge in [0.1, 0.15) is 11.5 Å². The third-order valence-corrected chi connectivity index (χ3v) is 7.39. The number of nitrogens with one attached hydrogen (secondary N) is 3. The fourth-order valence-corrected chi connectivity index (χ4v) is 5.46. The molecule has 2 aliphatic rings. The summed E-state index contributed by atoms with van der Waals surface area (Å²) in [4.78, 5) is 20.7. The summed E-state index contributed by atoms with van der Waals surface area (Å²) in [6.45, 7) is 3.63. The van der Waals surface area contributed by atoms with Crippen LogP contribution in [0.1, 0.15) is 36.2 Å². The fourth-order valence-electron chi connectivity index (χ4n) is 5.27. The first-order valence-corrected chi connectivity index (χ1v) is 13.3. The summed E-state index contributed by atoms with van der Waals surface area (Å²) >= 11 is 6.28. The molecular formula is C28H30ClN7O. The Kier molecular flexibility index (Phi) is 6.68. The highest BCUT2D eigenvalue weighted by molar-refractivity contribution is 6.30. The lowest BCUT2D eigenvalue weighted by Gasteiger charge is -2.31. The lowest BCUT2D eigenvalue weighted by atomic mass is 10.1. The Morgan fingerprint density at radius 3 is 2.65 bits per heavy atom. The van der Waals surface area contributed by atoms with E-state index < -0.39 is 0 Å². The first-order chi connectivity index (χ1) is 18.2. The average molecular weight is 516 g/mol. The summed E-state index contributed by atoms with van der Waals surface area (Å²) in [5.41, 5.74) is 4.49. The third kappa shape index (κ3) is 4.99. The number of nitrogens with zero attached hydrogens (tertiary/aromatic N) is 4. The topological polar surface area (TPSA) is 86.6 Å². The molecule has 0 radical (unpaired) electrons. The van der Waals surface area contributed by atoms with Crippen LogP contribution in [0.4, 0.5) is 17.2 Å². The summed E-state index contributed by atoms with van der Waals surface area (Å²) < 4.78 is 1.79. The largest absolute Gasteiger partial charge is 0.367 e. The minimum Gasteiger partial charge on any atom is -0.367 e. The molecule has 0 spiro atoms. The van der Waals surface area contributed by atoms with E-state index in [0.29, 0.717) is 22.4 Å². The van der Waals surface area contributed by atoms with E-state index in [2.05, 4.69) is 32.0 Å². The lowest BCUT2D eigenvalue weighted by molar-refractivity contribution is 0.102. The standard InChI is InChI=1S/C28H30ClN7O/c29-20-7-5-6-19(16-20)22-18-31-36-26(32-21-8-1-2-9-21)17-24(33-27(22)36)28(37)34-23-10-3-4-11-25(23)35-14-12-30-13-15-35/h3-7,10-11,16-18,21,30,32H,1-2,8-9,12-15H2,(H,34,37). The van der Waals surface area contributed by atoms with Crippen molar-refractivity contribution in [2.24, 2.45) is 0 Å². The molecule has 8 nitrogen and oxygen atoms in total. The molecule has 37 heavy (non-hydrogen) atoms. The van der Waals surface area contributed by atoms with Crippen molar-refractivity contribution in [3.05, 3.63) is 71.5 Å². The molecule has 4 aromatic rings. The van der Waals surface area contributed by atoms with Crippen LogP contribution in [0.5, 0.6) is 0 Å². The molecule has 9 heteroatoms. The number of hydrogen-bond donors (Lipinski definition) is 3. The monoisotopic (exact) mass is 515 g/mol. The molecule has 2 aromatic carbocycles. The number of benzene rings is 2. The number of amides is 1. The summed E-state index contributed by atoms with van der Waals surface area (Å²) in [6, 6.07) is 17.7. The van der Waals surface area contributed by atoms with Crippen LogP contribution in [0.3, 0.4) is 0 Å². The van der Waals surface area contributed by atoms with E-state index in [0.717, 1.165) is 67.3 Å². The van der Waals surface area contributed by atoms with Crippen molar-refractivity contribution in [1.29, 1.82) is 0 Å². The first kappa shape index (κ1) is 23.8. The number of fused-ring (bicyclic) bond motifs is 1. The molecule has 1 aliphatic carbocycles. The first-order valence-electron chi connectivity index (χ1n) is 12.9. The maximum Gasteiger partial charge on any atom is 0.274 e. The Balaban J connectivity index is 1.38. The molecule has 1 aliphatic heterocycles. The molecular weight excluding hydrogens is 486 g/mol. The van der Waals surface area contributed by atoms with Gasteiger partial charge in [0.15, 0.2) is 5.65 Å². The number of halogens is 1. The predicted octanol–water partition coefficient (Wildman–Crippen LogP) is 5.07. The van der Waals surface area contributed by atoms with Crippen molar-refractivity contribution >= 4 is 40.3 Å². The zero-order valence-electron chi connectivity index (χ0n) is 20.6. The zero-order chi connectivity index (χ0) is 25.2. The van der Waals surface area contributed by atoms with Gasteiger partial charge < -0.3 is 20.9 Å². The Morgan fingerprint density at radius 1 is 1.03 bits per heavy atom. The molecule has 0 atom stereocenters. The quantitative estimate of drug-likeness (QED) is 0.332. The summed E-state index contributed by atoms with van der Waals surface area (Å²) in [6.07, 6.45) is 6.40. The van der Waals surface area contributed by atoms with Crippen LogP contribution < -0.4 is 20.9 Å². The van der Waals surface area contributed by atoms with Crippen molar-refractivity contribution in [3.63, 3.8) is 0 Å². The van der Waals surface area contributed by atoms with E-state index in [1.165, 1.54) is 12.8 Å². The molecule has 2 aromatic heterocycles. The van der Waals surface area contributed by atoms with E-state index in [-0.39, 0.29) is 5.91 Å². The van der Waals surface area contributed by atoms with Gasteiger partial charge in [0.2, 0.25) is 0 Å². The second-order valence-electron chi connectivity index (χ2n) is 9.66. The summed E-state index contributed by atoms with van der Waals surface area (Å²) in [5, 5.41) is 15.4. The molecule has 2 fully saturated rings. The van der Waals surface area contributed by atoms with Crippen LogP contribution >= 0.6 is 11.6 Å². The van der Waals surface area contributed by atoms with Gasteiger partial charge in [-0.15, -0.1) is 0 Å². The molecule has 3 heterocycles. The maximum atomic E-state index is 13.6. The van der Waals surface area contributed by atoms with Crippen LogP contribution in [0.25, 0.3) is 16.8 Å². The number of carbonyl (C=O) groups excluding carboxylic acids is 1. The van der Waals surface area contributed by atoms with Gasteiger partial charge in [-0.1, -0.05) is 48.7 Å². The molecule has 1 saturated heterocycles. The SMILES string of the molecule is O=C(Nc1ccccc1N1CCNCC1)c1cc(NC2CCCC2)n2ncc(-c3cccc(Cl)c3)c2n1. The van der Waals surface area contributed by atoms with Gasteiger partial charge in [-0.05, 0) is 42.7 Å².